The fourth-order valence-corrected chi connectivity index (χ4v) is 2.84. The molecule has 3 rings (SSSR count). The molecule has 1 atom stereocenters. The molecule has 0 spiro atoms. The SMILES string of the molecule is Nc1cccc(CC(=O)NC2CCN(C3CC3)C2)c1. The van der Waals surface area contributed by atoms with Gasteiger partial charge in [-0.3, -0.25) is 9.69 Å². The molecule has 2 aliphatic rings. The van der Waals surface area contributed by atoms with Crippen LogP contribution in [0, 0.1) is 0 Å². The van der Waals surface area contributed by atoms with Gasteiger partial charge in [0, 0.05) is 30.9 Å². The number of nitrogens with zero attached hydrogens (tertiary/aromatic N) is 1. The molecule has 0 bridgehead atoms. The maximum atomic E-state index is 12.0. The van der Waals surface area contributed by atoms with E-state index in [1.165, 1.54) is 12.8 Å². The molecule has 1 aromatic carbocycles. The van der Waals surface area contributed by atoms with E-state index in [2.05, 4.69) is 10.2 Å². The molecule has 1 saturated heterocycles. The summed E-state index contributed by atoms with van der Waals surface area (Å²) in [5.74, 6) is 0.105. The number of rotatable bonds is 4. The molecular formula is C15H21N3O. The van der Waals surface area contributed by atoms with Gasteiger partial charge in [-0.15, -0.1) is 0 Å². The maximum Gasteiger partial charge on any atom is 0.224 e. The van der Waals surface area contributed by atoms with Gasteiger partial charge in [0.25, 0.3) is 0 Å². The third kappa shape index (κ3) is 3.26. The summed E-state index contributed by atoms with van der Waals surface area (Å²) in [7, 11) is 0. The highest BCUT2D eigenvalue weighted by Crippen LogP contribution is 2.29. The molecule has 2 fully saturated rings. The highest BCUT2D eigenvalue weighted by molar-refractivity contribution is 5.79. The summed E-state index contributed by atoms with van der Waals surface area (Å²) < 4.78 is 0. The van der Waals surface area contributed by atoms with Gasteiger partial charge < -0.3 is 11.1 Å². The Bertz CT molecular complexity index is 470. The van der Waals surface area contributed by atoms with Crippen molar-refractivity contribution in [3.63, 3.8) is 0 Å². The van der Waals surface area contributed by atoms with Crippen LogP contribution in [0.5, 0.6) is 0 Å². The number of anilines is 1. The summed E-state index contributed by atoms with van der Waals surface area (Å²) in [6.07, 6.45) is 4.18. The van der Waals surface area contributed by atoms with Gasteiger partial charge in [0.1, 0.15) is 0 Å². The summed E-state index contributed by atoms with van der Waals surface area (Å²) in [5, 5.41) is 3.14. The number of hydrogen-bond donors (Lipinski definition) is 2. The number of nitrogen functional groups attached to an aromatic ring is 1. The summed E-state index contributed by atoms with van der Waals surface area (Å²) in [6.45, 7) is 2.15. The number of carbonyl (C=O) groups excluding carboxylic acids is 1. The molecule has 1 aliphatic heterocycles. The van der Waals surface area contributed by atoms with Crippen LogP contribution in [0.1, 0.15) is 24.8 Å². The second-order valence-corrected chi connectivity index (χ2v) is 5.70. The largest absolute Gasteiger partial charge is 0.399 e. The molecular weight excluding hydrogens is 238 g/mol. The molecule has 1 saturated carbocycles. The van der Waals surface area contributed by atoms with Crippen LogP contribution in [0.4, 0.5) is 5.69 Å². The van der Waals surface area contributed by atoms with E-state index in [1.807, 2.05) is 24.3 Å². The van der Waals surface area contributed by atoms with Crippen molar-refractivity contribution in [2.75, 3.05) is 18.8 Å². The summed E-state index contributed by atoms with van der Waals surface area (Å²) in [6, 6.07) is 8.67. The summed E-state index contributed by atoms with van der Waals surface area (Å²) >= 11 is 0. The van der Waals surface area contributed by atoms with Crippen LogP contribution < -0.4 is 11.1 Å². The number of hydrogen-bond acceptors (Lipinski definition) is 3. The molecule has 4 heteroatoms. The van der Waals surface area contributed by atoms with E-state index < -0.39 is 0 Å². The van der Waals surface area contributed by atoms with Gasteiger partial charge in [-0.2, -0.15) is 0 Å². The van der Waals surface area contributed by atoms with Gasteiger partial charge >= 0.3 is 0 Å². The minimum atomic E-state index is 0.105. The first-order valence-electron chi connectivity index (χ1n) is 7.08. The van der Waals surface area contributed by atoms with Gasteiger partial charge in [0.05, 0.1) is 6.42 Å². The Morgan fingerprint density at radius 3 is 2.95 bits per heavy atom. The first kappa shape index (κ1) is 12.5. The van der Waals surface area contributed by atoms with Crippen molar-refractivity contribution in [1.29, 1.82) is 0 Å². The van der Waals surface area contributed by atoms with Gasteiger partial charge in [-0.05, 0) is 37.0 Å². The quantitative estimate of drug-likeness (QED) is 0.798. The number of benzene rings is 1. The van der Waals surface area contributed by atoms with Gasteiger partial charge in [0.15, 0.2) is 0 Å². The van der Waals surface area contributed by atoms with Crippen LogP contribution in [0.25, 0.3) is 0 Å². The van der Waals surface area contributed by atoms with Gasteiger partial charge in [-0.25, -0.2) is 0 Å². The first-order valence-corrected chi connectivity index (χ1v) is 7.08. The Morgan fingerprint density at radius 1 is 1.37 bits per heavy atom. The normalized spacial score (nSPS) is 23.5. The fraction of sp³-hybridized carbons (Fsp3) is 0.533. The third-order valence-corrected chi connectivity index (χ3v) is 3.96. The zero-order valence-electron chi connectivity index (χ0n) is 11.1. The lowest BCUT2D eigenvalue weighted by molar-refractivity contribution is -0.121. The zero-order valence-corrected chi connectivity index (χ0v) is 11.1. The second kappa shape index (κ2) is 5.21. The van der Waals surface area contributed by atoms with Crippen LogP contribution in [0.2, 0.25) is 0 Å². The van der Waals surface area contributed by atoms with Crippen molar-refractivity contribution >= 4 is 11.6 Å². The van der Waals surface area contributed by atoms with Crippen molar-refractivity contribution in [3.8, 4) is 0 Å². The minimum absolute atomic E-state index is 0.105. The number of nitrogens with two attached hydrogens (primary N) is 1. The number of likely N-dealkylation sites (tertiary alicyclic amines) is 1. The van der Waals surface area contributed by atoms with Crippen molar-refractivity contribution in [2.45, 2.75) is 37.8 Å². The highest BCUT2D eigenvalue weighted by atomic mass is 16.1. The molecule has 3 N–H and O–H groups in total. The van der Waals surface area contributed by atoms with E-state index in [4.69, 9.17) is 5.73 Å². The molecule has 1 heterocycles. The standard InChI is InChI=1S/C15H21N3O/c16-12-3-1-2-11(8-12)9-15(19)17-13-6-7-18(10-13)14-4-5-14/h1-3,8,13-14H,4-7,9-10,16H2,(H,17,19). The Balaban J connectivity index is 1.48. The number of amides is 1. The summed E-state index contributed by atoms with van der Waals surface area (Å²) in [4.78, 5) is 14.5. The molecule has 4 nitrogen and oxygen atoms in total. The van der Waals surface area contributed by atoms with Crippen molar-refractivity contribution in [3.05, 3.63) is 29.8 Å². The predicted octanol–water partition coefficient (Wildman–Crippen LogP) is 1.16. The Hall–Kier alpha value is -1.55. The van der Waals surface area contributed by atoms with Gasteiger partial charge in [0.2, 0.25) is 5.91 Å². The molecule has 102 valence electrons. The molecule has 1 aliphatic carbocycles. The molecule has 1 unspecified atom stereocenters. The van der Waals surface area contributed by atoms with Crippen molar-refractivity contribution < 1.29 is 4.79 Å². The molecule has 19 heavy (non-hydrogen) atoms. The number of nitrogens with one attached hydrogen (secondary N) is 1. The summed E-state index contributed by atoms with van der Waals surface area (Å²) in [5.41, 5.74) is 7.41. The molecule has 0 aromatic heterocycles. The number of carbonyl (C=O) groups is 1. The van der Waals surface area contributed by atoms with Crippen LogP contribution in [0.3, 0.4) is 0 Å². The molecule has 1 aromatic rings. The lowest BCUT2D eigenvalue weighted by Gasteiger charge is -2.15. The van der Waals surface area contributed by atoms with E-state index in [0.717, 1.165) is 31.1 Å². The van der Waals surface area contributed by atoms with E-state index >= 15 is 0 Å². The minimum Gasteiger partial charge on any atom is -0.399 e. The first-order chi connectivity index (χ1) is 9.20. The molecule has 1 amide bonds. The topological polar surface area (TPSA) is 58.4 Å². The fourth-order valence-electron chi connectivity index (χ4n) is 2.84. The maximum absolute atomic E-state index is 12.0. The van der Waals surface area contributed by atoms with E-state index in [1.54, 1.807) is 0 Å². The smallest absolute Gasteiger partial charge is 0.224 e. The van der Waals surface area contributed by atoms with Crippen LogP contribution in [-0.2, 0) is 11.2 Å². The monoisotopic (exact) mass is 259 g/mol. The van der Waals surface area contributed by atoms with E-state index in [-0.39, 0.29) is 5.91 Å². The van der Waals surface area contributed by atoms with Crippen LogP contribution in [0.15, 0.2) is 24.3 Å². The Labute approximate surface area is 114 Å². The van der Waals surface area contributed by atoms with Crippen molar-refractivity contribution in [2.24, 2.45) is 0 Å². The second-order valence-electron chi connectivity index (χ2n) is 5.70. The Morgan fingerprint density at radius 2 is 2.21 bits per heavy atom. The van der Waals surface area contributed by atoms with Crippen LogP contribution >= 0.6 is 0 Å². The highest BCUT2D eigenvalue weighted by Gasteiger charge is 2.34. The third-order valence-electron chi connectivity index (χ3n) is 3.96. The van der Waals surface area contributed by atoms with Gasteiger partial charge in [-0.1, -0.05) is 12.1 Å². The average molecular weight is 259 g/mol. The lowest BCUT2D eigenvalue weighted by atomic mass is 10.1. The predicted molar refractivity (Wildman–Crippen MR) is 75.7 cm³/mol. The average Bonchev–Trinajstić information content (AvgIpc) is 3.11. The molecule has 0 radical (unpaired) electrons. The Kier molecular flexibility index (Phi) is 3.42. The van der Waals surface area contributed by atoms with E-state index in [0.29, 0.717) is 18.2 Å². The van der Waals surface area contributed by atoms with E-state index in [9.17, 15) is 4.79 Å². The van der Waals surface area contributed by atoms with Crippen molar-refractivity contribution in [1.82, 2.24) is 10.2 Å². The lowest BCUT2D eigenvalue weighted by Crippen LogP contribution is -2.38. The van der Waals surface area contributed by atoms with Crippen LogP contribution in [-0.4, -0.2) is 36.0 Å². The zero-order chi connectivity index (χ0) is 13.2.